The molecular formula is C24H18N4. The van der Waals surface area contributed by atoms with Gasteiger partial charge in [-0.05, 0) is 41.5 Å². The highest BCUT2D eigenvalue weighted by Gasteiger charge is 2.14. The topological polar surface area (TPSA) is 44.3 Å². The predicted octanol–water partition coefficient (Wildman–Crippen LogP) is 5.25. The maximum Gasteiger partial charge on any atom is 0.145 e. The smallest absolute Gasteiger partial charge is 0.145 e. The molecule has 5 rings (SSSR count). The quantitative estimate of drug-likeness (QED) is 0.403. The number of hydrogen-bond acceptors (Lipinski definition) is 3. The number of benzene rings is 3. The van der Waals surface area contributed by atoms with Gasteiger partial charge in [-0.2, -0.15) is 5.26 Å². The molecule has 0 amide bonds. The molecule has 0 N–H and O–H groups in total. The lowest BCUT2D eigenvalue weighted by Gasteiger charge is -2.17. The monoisotopic (exact) mass is 362 g/mol. The molecule has 0 radical (unpaired) electrons. The second-order valence-electron chi connectivity index (χ2n) is 7.13. The minimum atomic E-state index is 0.666. The number of rotatable bonds is 2. The van der Waals surface area contributed by atoms with Crippen molar-refractivity contribution in [1.82, 2.24) is 9.38 Å². The van der Waals surface area contributed by atoms with E-state index in [0.717, 1.165) is 33.4 Å². The maximum absolute atomic E-state index is 9.12. The Morgan fingerprint density at radius 1 is 0.964 bits per heavy atom. The Morgan fingerprint density at radius 2 is 1.79 bits per heavy atom. The third-order valence-corrected chi connectivity index (χ3v) is 5.30. The first-order chi connectivity index (χ1) is 13.7. The summed E-state index contributed by atoms with van der Waals surface area (Å²) in [5.41, 5.74) is 6.15. The van der Waals surface area contributed by atoms with Crippen LogP contribution in [0.2, 0.25) is 0 Å². The maximum atomic E-state index is 9.12. The van der Waals surface area contributed by atoms with E-state index in [0.29, 0.717) is 5.56 Å². The summed E-state index contributed by atoms with van der Waals surface area (Å²) in [6, 6.07) is 22.9. The van der Waals surface area contributed by atoms with E-state index in [1.807, 2.05) is 36.7 Å². The van der Waals surface area contributed by atoms with Gasteiger partial charge in [0.15, 0.2) is 0 Å². The molecule has 2 heterocycles. The van der Waals surface area contributed by atoms with Crippen LogP contribution in [0.4, 0.5) is 5.69 Å². The lowest BCUT2D eigenvalue weighted by Crippen LogP contribution is -2.08. The fraction of sp³-hybridized carbons (Fsp3) is 0.0833. The van der Waals surface area contributed by atoms with Gasteiger partial charge in [0, 0.05) is 48.3 Å². The summed E-state index contributed by atoms with van der Waals surface area (Å²) in [6.07, 6.45) is 3.86. The molecule has 0 unspecified atom stereocenters. The molecule has 0 fully saturated rings. The van der Waals surface area contributed by atoms with Crippen molar-refractivity contribution in [3.63, 3.8) is 0 Å². The van der Waals surface area contributed by atoms with Crippen LogP contribution in [-0.2, 0) is 0 Å². The zero-order chi connectivity index (χ0) is 19.3. The minimum Gasteiger partial charge on any atom is -0.378 e. The van der Waals surface area contributed by atoms with Crippen molar-refractivity contribution in [2.24, 2.45) is 0 Å². The van der Waals surface area contributed by atoms with Crippen LogP contribution in [0.3, 0.4) is 0 Å². The van der Waals surface area contributed by atoms with Gasteiger partial charge in [0.2, 0.25) is 0 Å². The van der Waals surface area contributed by atoms with Crippen molar-refractivity contribution in [3.8, 4) is 17.2 Å². The summed E-state index contributed by atoms with van der Waals surface area (Å²) in [4.78, 5) is 6.74. The molecular weight excluding hydrogens is 344 g/mol. The molecule has 2 aromatic heterocycles. The van der Waals surface area contributed by atoms with Gasteiger partial charge < -0.3 is 4.90 Å². The number of aromatic nitrogens is 2. The summed E-state index contributed by atoms with van der Waals surface area (Å²) in [5, 5.41) is 12.6. The highest BCUT2D eigenvalue weighted by Crippen LogP contribution is 2.37. The Kier molecular flexibility index (Phi) is 3.56. The van der Waals surface area contributed by atoms with Crippen molar-refractivity contribution in [2.45, 2.75) is 0 Å². The Balaban J connectivity index is 1.96. The van der Waals surface area contributed by atoms with E-state index in [4.69, 9.17) is 5.26 Å². The fourth-order valence-electron chi connectivity index (χ4n) is 3.90. The van der Waals surface area contributed by atoms with Crippen LogP contribution in [0, 0.1) is 11.3 Å². The van der Waals surface area contributed by atoms with Crippen molar-refractivity contribution in [1.29, 1.82) is 5.26 Å². The number of nitrogens with zero attached hydrogens (tertiary/aromatic N) is 4. The Labute approximate surface area is 162 Å². The molecule has 4 heteroatoms. The number of hydrogen-bond donors (Lipinski definition) is 0. The third kappa shape index (κ3) is 2.34. The second-order valence-corrected chi connectivity index (χ2v) is 7.13. The highest BCUT2D eigenvalue weighted by molar-refractivity contribution is 6.18. The first-order valence-electron chi connectivity index (χ1n) is 9.17. The van der Waals surface area contributed by atoms with E-state index in [9.17, 15) is 0 Å². The van der Waals surface area contributed by atoms with Crippen LogP contribution < -0.4 is 4.90 Å². The first-order valence-corrected chi connectivity index (χ1v) is 9.17. The van der Waals surface area contributed by atoms with Crippen LogP contribution in [0.15, 0.2) is 73.1 Å². The molecule has 0 bridgehead atoms. The van der Waals surface area contributed by atoms with Crippen LogP contribution in [0.5, 0.6) is 0 Å². The Morgan fingerprint density at radius 3 is 2.54 bits per heavy atom. The summed E-state index contributed by atoms with van der Waals surface area (Å²) in [7, 11) is 4.11. The average Bonchev–Trinajstić information content (AvgIpc) is 3.23. The second kappa shape index (κ2) is 6.11. The van der Waals surface area contributed by atoms with Gasteiger partial charge in [-0.3, -0.25) is 4.40 Å². The van der Waals surface area contributed by atoms with E-state index in [1.165, 1.54) is 10.8 Å². The van der Waals surface area contributed by atoms with E-state index < -0.39 is 0 Å². The molecule has 0 aliphatic rings. The highest BCUT2D eigenvalue weighted by atomic mass is 15.1. The first kappa shape index (κ1) is 16.3. The van der Waals surface area contributed by atoms with Crippen molar-refractivity contribution >= 4 is 33.0 Å². The lowest BCUT2D eigenvalue weighted by atomic mass is 9.95. The summed E-state index contributed by atoms with van der Waals surface area (Å²) < 4.78 is 2.15. The number of pyridine rings is 1. The molecule has 0 saturated heterocycles. The van der Waals surface area contributed by atoms with Crippen LogP contribution in [0.1, 0.15) is 5.56 Å². The van der Waals surface area contributed by atoms with Crippen molar-refractivity contribution in [2.75, 3.05) is 19.0 Å². The Bertz CT molecular complexity index is 1390. The molecule has 0 saturated carbocycles. The van der Waals surface area contributed by atoms with E-state index in [2.05, 4.69) is 70.8 Å². The van der Waals surface area contributed by atoms with Crippen molar-refractivity contribution < 1.29 is 0 Å². The van der Waals surface area contributed by atoms with E-state index in [-0.39, 0.29) is 0 Å². The SMILES string of the molecule is CN(C)c1ccc2c(c1)c1c(-c3ccc(C#N)cc3)cccc1c1nccn21. The molecule has 134 valence electrons. The van der Waals surface area contributed by atoms with Gasteiger partial charge in [-0.1, -0.05) is 30.3 Å². The Hall–Kier alpha value is -3.84. The molecule has 0 aliphatic heterocycles. The molecule has 28 heavy (non-hydrogen) atoms. The summed E-state index contributed by atoms with van der Waals surface area (Å²) in [6.45, 7) is 0. The van der Waals surface area contributed by atoms with Crippen LogP contribution >= 0.6 is 0 Å². The van der Waals surface area contributed by atoms with Gasteiger partial charge >= 0.3 is 0 Å². The molecule has 0 atom stereocenters. The van der Waals surface area contributed by atoms with E-state index >= 15 is 0 Å². The van der Waals surface area contributed by atoms with Crippen LogP contribution in [0.25, 0.3) is 38.4 Å². The normalized spacial score (nSPS) is 11.2. The number of fused-ring (bicyclic) bond motifs is 6. The van der Waals surface area contributed by atoms with Gasteiger partial charge in [-0.25, -0.2) is 4.98 Å². The molecule has 0 aliphatic carbocycles. The van der Waals surface area contributed by atoms with Crippen LogP contribution in [-0.4, -0.2) is 23.5 Å². The molecule has 3 aromatic carbocycles. The zero-order valence-electron chi connectivity index (χ0n) is 15.7. The zero-order valence-corrected chi connectivity index (χ0v) is 15.7. The minimum absolute atomic E-state index is 0.666. The van der Waals surface area contributed by atoms with Gasteiger partial charge in [0.1, 0.15) is 5.65 Å². The number of nitriles is 1. The third-order valence-electron chi connectivity index (χ3n) is 5.30. The standard InChI is InChI=1S/C24H18N4/c1-27(2)18-10-11-22-21(14-18)23-19(17-8-6-16(15-25)7-9-17)4-3-5-20(23)24-26-12-13-28(22)24/h3-14H,1-2H3. The average molecular weight is 362 g/mol. The van der Waals surface area contributed by atoms with Gasteiger partial charge in [0.25, 0.3) is 0 Å². The largest absolute Gasteiger partial charge is 0.378 e. The predicted molar refractivity (Wildman–Crippen MR) is 115 cm³/mol. The molecule has 0 spiro atoms. The fourth-order valence-corrected chi connectivity index (χ4v) is 3.90. The summed E-state index contributed by atoms with van der Waals surface area (Å²) >= 11 is 0. The lowest BCUT2D eigenvalue weighted by molar-refractivity contribution is 1.13. The summed E-state index contributed by atoms with van der Waals surface area (Å²) in [5.74, 6) is 0. The molecule has 5 aromatic rings. The van der Waals surface area contributed by atoms with Crippen molar-refractivity contribution in [3.05, 3.63) is 78.6 Å². The van der Waals surface area contributed by atoms with E-state index in [1.54, 1.807) is 0 Å². The molecule has 4 nitrogen and oxygen atoms in total. The number of imidazole rings is 1. The number of anilines is 1. The van der Waals surface area contributed by atoms with Gasteiger partial charge in [0.05, 0.1) is 17.1 Å². The van der Waals surface area contributed by atoms with Gasteiger partial charge in [-0.15, -0.1) is 0 Å².